The second-order valence-corrected chi connectivity index (χ2v) is 6.41. The lowest BCUT2D eigenvalue weighted by Crippen LogP contribution is -2.45. The van der Waals surface area contributed by atoms with E-state index in [0.717, 1.165) is 18.5 Å². The zero-order valence-corrected chi connectivity index (χ0v) is 15.2. The summed E-state index contributed by atoms with van der Waals surface area (Å²) in [6, 6.07) is 8.69. The molecule has 0 fully saturated rings. The van der Waals surface area contributed by atoms with E-state index in [0.29, 0.717) is 19.1 Å². The molecule has 1 N–H and O–H groups in total. The molecule has 0 saturated heterocycles. The third kappa shape index (κ3) is 5.89. The van der Waals surface area contributed by atoms with Crippen LogP contribution in [0.4, 0.5) is 4.79 Å². The maximum Gasteiger partial charge on any atom is 0.317 e. The average Bonchev–Trinajstić information content (AvgIpc) is 2.54. The highest BCUT2D eigenvalue weighted by atomic mass is 32.2. The van der Waals surface area contributed by atoms with E-state index in [1.165, 1.54) is 4.90 Å². The van der Waals surface area contributed by atoms with Crippen LogP contribution in [0.15, 0.2) is 29.2 Å². The van der Waals surface area contributed by atoms with Crippen molar-refractivity contribution in [2.24, 2.45) is 0 Å². The Morgan fingerprint density at radius 2 is 2.05 bits per heavy atom. The van der Waals surface area contributed by atoms with Gasteiger partial charge in [-0.05, 0) is 44.0 Å². The summed E-state index contributed by atoms with van der Waals surface area (Å²) in [6.07, 6.45) is 3.09. The van der Waals surface area contributed by atoms with Gasteiger partial charge in [-0.2, -0.15) is 0 Å². The summed E-state index contributed by atoms with van der Waals surface area (Å²) in [5.74, 6) is 0. The van der Waals surface area contributed by atoms with Gasteiger partial charge in [0.15, 0.2) is 0 Å². The summed E-state index contributed by atoms with van der Waals surface area (Å²) in [5.41, 5.74) is 1.15. The van der Waals surface area contributed by atoms with Gasteiger partial charge in [-0.1, -0.05) is 26.0 Å². The lowest BCUT2D eigenvalue weighted by molar-refractivity contribution is 0.195. The number of carbonyl (C=O) groups is 1. The highest BCUT2D eigenvalue weighted by Gasteiger charge is 2.14. The quantitative estimate of drug-likeness (QED) is 0.746. The molecular weight excluding hydrogens is 294 g/mol. The Labute approximate surface area is 139 Å². The zero-order chi connectivity index (χ0) is 16.5. The number of thioether (sulfide) groups is 1. The van der Waals surface area contributed by atoms with Crippen molar-refractivity contribution in [3.05, 3.63) is 29.8 Å². The van der Waals surface area contributed by atoms with Gasteiger partial charge in [0.05, 0.1) is 0 Å². The van der Waals surface area contributed by atoms with Gasteiger partial charge in [0, 0.05) is 31.1 Å². The first-order valence-electron chi connectivity index (χ1n) is 7.83. The number of carbonyl (C=O) groups excluding carboxylic acids is 1. The van der Waals surface area contributed by atoms with Crippen molar-refractivity contribution in [2.45, 2.75) is 37.8 Å². The van der Waals surface area contributed by atoms with Gasteiger partial charge in [-0.3, -0.25) is 0 Å². The van der Waals surface area contributed by atoms with Crippen LogP contribution in [0.5, 0.6) is 0 Å². The Hall–Kier alpha value is -1.20. The van der Waals surface area contributed by atoms with Crippen molar-refractivity contribution in [3.63, 3.8) is 0 Å². The second-order valence-electron chi connectivity index (χ2n) is 5.53. The number of benzene rings is 1. The van der Waals surface area contributed by atoms with Gasteiger partial charge >= 0.3 is 6.03 Å². The Bertz CT molecular complexity index is 467. The number of nitrogens with zero attached hydrogens (tertiary/aromatic N) is 2. The molecule has 1 aromatic carbocycles. The predicted molar refractivity (Wildman–Crippen MR) is 95.5 cm³/mol. The van der Waals surface area contributed by atoms with Crippen LogP contribution < -0.4 is 5.32 Å². The summed E-state index contributed by atoms with van der Waals surface area (Å²) in [7, 11) is 3.93. The van der Waals surface area contributed by atoms with Crippen molar-refractivity contribution in [2.75, 3.05) is 33.4 Å². The molecule has 1 unspecified atom stereocenters. The SMILES string of the molecule is CCC(CNC(=O)N(C)Cc1cccc(SC)c1)N(C)CC. The van der Waals surface area contributed by atoms with Crippen molar-refractivity contribution < 1.29 is 4.79 Å². The van der Waals surface area contributed by atoms with E-state index < -0.39 is 0 Å². The van der Waals surface area contributed by atoms with Crippen LogP contribution in [0.3, 0.4) is 0 Å². The number of nitrogens with one attached hydrogen (secondary N) is 1. The largest absolute Gasteiger partial charge is 0.336 e. The Kier molecular flexibility index (Phi) is 8.35. The molecule has 124 valence electrons. The summed E-state index contributed by atoms with van der Waals surface area (Å²) >= 11 is 1.72. The number of likely N-dealkylation sites (N-methyl/N-ethyl adjacent to an activating group) is 1. The molecule has 0 heterocycles. The van der Waals surface area contributed by atoms with E-state index in [9.17, 15) is 4.79 Å². The summed E-state index contributed by atoms with van der Waals surface area (Å²) in [6.45, 7) is 6.59. The predicted octanol–water partition coefficient (Wildman–Crippen LogP) is 3.28. The van der Waals surface area contributed by atoms with Crippen LogP contribution in [-0.4, -0.2) is 55.3 Å². The number of rotatable bonds is 8. The molecule has 1 aromatic rings. The number of urea groups is 1. The minimum Gasteiger partial charge on any atom is -0.336 e. The van der Waals surface area contributed by atoms with E-state index in [4.69, 9.17) is 0 Å². The molecule has 22 heavy (non-hydrogen) atoms. The molecule has 0 radical (unpaired) electrons. The molecule has 0 saturated carbocycles. The fourth-order valence-corrected chi connectivity index (χ4v) is 2.81. The first kappa shape index (κ1) is 18.8. The first-order chi connectivity index (χ1) is 10.5. The van der Waals surface area contributed by atoms with E-state index in [-0.39, 0.29) is 6.03 Å². The van der Waals surface area contributed by atoms with Crippen LogP contribution in [0.2, 0.25) is 0 Å². The second kappa shape index (κ2) is 9.74. The summed E-state index contributed by atoms with van der Waals surface area (Å²) in [4.78, 5) is 17.4. The average molecular weight is 324 g/mol. The molecule has 4 nitrogen and oxygen atoms in total. The standard InChI is InChI=1S/C17H29N3OS/c1-6-15(19(3)7-2)12-18-17(21)20(4)13-14-9-8-10-16(11-14)22-5/h8-11,15H,6-7,12-13H2,1-5H3,(H,18,21). The topological polar surface area (TPSA) is 35.6 Å². The highest BCUT2D eigenvalue weighted by Crippen LogP contribution is 2.16. The van der Waals surface area contributed by atoms with Gasteiger partial charge in [-0.15, -0.1) is 11.8 Å². The maximum atomic E-state index is 12.2. The van der Waals surface area contributed by atoms with Crippen molar-refractivity contribution in [1.29, 1.82) is 0 Å². The molecular formula is C17H29N3OS. The minimum atomic E-state index is -0.0162. The van der Waals surface area contributed by atoms with Gasteiger partial charge in [0.25, 0.3) is 0 Å². The minimum absolute atomic E-state index is 0.0162. The van der Waals surface area contributed by atoms with Crippen LogP contribution in [0, 0.1) is 0 Å². The molecule has 0 aromatic heterocycles. The molecule has 1 rings (SSSR count). The monoisotopic (exact) mass is 323 g/mol. The highest BCUT2D eigenvalue weighted by molar-refractivity contribution is 7.98. The van der Waals surface area contributed by atoms with Gasteiger partial charge < -0.3 is 15.1 Å². The fraction of sp³-hybridized carbons (Fsp3) is 0.588. The van der Waals surface area contributed by atoms with E-state index >= 15 is 0 Å². The molecule has 0 aliphatic rings. The molecule has 2 amide bonds. The Morgan fingerprint density at radius 1 is 1.32 bits per heavy atom. The molecule has 0 aliphatic carbocycles. The molecule has 0 bridgehead atoms. The van der Waals surface area contributed by atoms with Gasteiger partial charge in [0.1, 0.15) is 0 Å². The lowest BCUT2D eigenvalue weighted by atomic mass is 10.2. The van der Waals surface area contributed by atoms with Crippen molar-refractivity contribution in [3.8, 4) is 0 Å². The molecule has 5 heteroatoms. The normalized spacial score (nSPS) is 12.3. The van der Waals surface area contributed by atoms with Crippen LogP contribution >= 0.6 is 11.8 Å². The first-order valence-corrected chi connectivity index (χ1v) is 9.06. The third-order valence-corrected chi connectivity index (χ3v) is 4.71. The number of hydrogen-bond acceptors (Lipinski definition) is 3. The van der Waals surface area contributed by atoms with Gasteiger partial charge in [-0.25, -0.2) is 4.79 Å². The number of amides is 2. The smallest absolute Gasteiger partial charge is 0.317 e. The zero-order valence-electron chi connectivity index (χ0n) is 14.4. The summed E-state index contributed by atoms with van der Waals surface area (Å²) in [5, 5.41) is 3.04. The third-order valence-electron chi connectivity index (χ3n) is 3.98. The summed E-state index contributed by atoms with van der Waals surface area (Å²) < 4.78 is 0. The molecule has 0 spiro atoms. The van der Waals surface area contributed by atoms with Crippen LogP contribution in [-0.2, 0) is 6.54 Å². The lowest BCUT2D eigenvalue weighted by Gasteiger charge is -2.27. The van der Waals surface area contributed by atoms with Gasteiger partial charge in [0.2, 0.25) is 0 Å². The number of hydrogen-bond donors (Lipinski definition) is 1. The fourth-order valence-electron chi connectivity index (χ4n) is 2.33. The van der Waals surface area contributed by atoms with Crippen molar-refractivity contribution >= 4 is 17.8 Å². The Morgan fingerprint density at radius 3 is 2.64 bits per heavy atom. The van der Waals surface area contributed by atoms with E-state index in [2.05, 4.69) is 55.6 Å². The van der Waals surface area contributed by atoms with E-state index in [1.807, 2.05) is 13.1 Å². The van der Waals surface area contributed by atoms with E-state index in [1.54, 1.807) is 16.7 Å². The van der Waals surface area contributed by atoms with Crippen LogP contribution in [0.25, 0.3) is 0 Å². The van der Waals surface area contributed by atoms with Crippen molar-refractivity contribution in [1.82, 2.24) is 15.1 Å². The molecule has 0 aliphatic heterocycles. The molecule has 1 atom stereocenters. The Balaban J connectivity index is 2.50. The van der Waals surface area contributed by atoms with Crippen LogP contribution in [0.1, 0.15) is 25.8 Å². The maximum absolute atomic E-state index is 12.2.